The molecule has 2 atom stereocenters. The number of nitrogens with zero attached hydrogens (tertiary/aromatic N) is 7. The van der Waals surface area contributed by atoms with Gasteiger partial charge in [-0.15, -0.1) is 0 Å². The number of methoxy groups -OCH3 is 1. The number of nitro benzene ring substituents is 1. The van der Waals surface area contributed by atoms with Crippen molar-refractivity contribution in [3.8, 4) is 34.7 Å². The smallest absolute Gasteiger partial charge is 0.413 e. The largest absolute Gasteiger partial charge is 0.494 e. The van der Waals surface area contributed by atoms with Crippen LogP contribution >= 0.6 is 11.9 Å². The molecule has 0 bridgehead atoms. The first kappa shape index (κ1) is 44.2. The SMILES string of the molecule is CC.CC.CCN(SC(C)(C)C)C(C)c1cc(-c2cn3ccnc3c(OCCCCCC(C#N)NC(=O)Oc3ccc([N+](=O)[O-])cc3)n2)c(OC)cn1. The van der Waals surface area contributed by atoms with Gasteiger partial charge in [-0.25, -0.2) is 19.1 Å². The van der Waals surface area contributed by atoms with Gasteiger partial charge in [-0.2, -0.15) is 5.26 Å². The summed E-state index contributed by atoms with van der Waals surface area (Å²) in [5.74, 6) is 1.12. The molecule has 0 fully saturated rings. The second kappa shape index (κ2) is 22.2. The van der Waals surface area contributed by atoms with Crippen LogP contribution in [-0.2, 0) is 0 Å². The van der Waals surface area contributed by atoms with E-state index in [-0.39, 0.29) is 22.2 Å². The second-order valence-corrected chi connectivity index (χ2v) is 14.1. The van der Waals surface area contributed by atoms with E-state index in [0.717, 1.165) is 24.2 Å². The summed E-state index contributed by atoms with van der Waals surface area (Å²) in [6.07, 6.45) is 8.84. The van der Waals surface area contributed by atoms with Gasteiger partial charge in [0.15, 0.2) is 0 Å². The normalized spacial score (nSPS) is 12.0. The molecular formula is C38H54N8O6S. The summed E-state index contributed by atoms with van der Waals surface area (Å²) in [6, 6.07) is 8.48. The Bertz CT molecular complexity index is 1770. The molecule has 0 aliphatic heterocycles. The molecule has 0 spiro atoms. The molecule has 1 N–H and O–H groups in total. The summed E-state index contributed by atoms with van der Waals surface area (Å²) in [5.41, 5.74) is 2.81. The molecule has 4 rings (SSSR count). The first-order chi connectivity index (χ1) is 25.4. The highest BCUT2D eigenvalue weighted by Gasteiger charge is 2.24. The lowest BCUT2D eigenvalue weighted by atomic mass is 10.1. The molecule has 53 heavy (non-hydrogen) atoms. The molecule has 4 aromatic rings. The van der Waals surface area contributed by atoms with Gasteiger partial charge in [0.25, 0.3) is 11.6 Å². The molecule has 0 saturated heterocycles. The molecule has 288 valence electrons. The Morgan fingerprint density at radius 1 is 1.13 bits per heavy atom. The van der Waals surface area contributed by atoms with Gasteiger partial charge in [-0.05, 0) is 65.2 Å². The van der Waals surface area contributed by atoms with Crippen molar-refractivity contribution in [3.05, 3.63) is 70.9 Å². The molecule has 1 aromatic carbocycles. The zero-order valence-corrected chi connectivity index (χ0v) is 33.4. The molecule has 15 heteroatoms. The number of benzene rings is 1. The molecule has 2 unspecified atom stereocenters. The molecule has 1 amide bonds. The number of carbonyl (C=O) groups excluding carboxylic acids is 1. The maximum Gasteiger partial charge on any atom is 0.413 e. The van der Waals surface area contributed by atoms with Gasteiger partial charge >= 0.3 is 6.09 Å². The standard InChI is InChI=1S/C34H42N8O6S.2C2H6/c1-7-41(49-34(3,4)5)23(2)28-19-27(30(46-6)21-37-28)29-22-40-17-16-36-31(40)32(39-29)47-18-10-8-9-11-24(20-35)38-33(43)48-26-14-12-25(13-15-26)42(44)45;2*1-2/h12-17,19,21-24H,7-11,18H2,1-6H3,(H,38,43);2*1-2H3. The average molecular weight is 751 g/mol. The van der Waals surface area contributed by atoms with Crippen LogP contribution in [0.1, 0.15) is 99.7 Å². The number of nitriles is 1. The number of rotatable bonds is 16. The van der Waals surface area contributed by atoms with Gasteiger partial charge in [0.1, 0.15) is 17.5 Å². The number of nitro groups is 1. The van der Waals surface area contributed by atoms with E-state index in [1.54, 1.807) is 31.5 Å². The third kappa shape index (κ3) is 13.5. The van der Waals surface area contributed by atoms with Gasteiger partial charge in [0.05, 0.1) is 48.3 Å². The predicted octanol–water partition coefficient (Wildman–Crippen LogP) is 9.21. The van der Waals surface area contributed by atoms with E-state index in [1.807, 2.05) is 50.6 Å². The summed E-state index contributed by atoms with van der Waals surface area (Å²) in [5, 5.41) is 22.8. The molecule has 0 aliphatic carbocycles. The number of carbonyl (C=O) groups is 1. The van der Waals surface area contributed by atoms with E-state index in [2.05, 4.69) is 55.3 Å². The van der Waals surface area contributed by atoms with Crippen LogP contribution < -0.4 is 19.5 Å². The van der Waals surface area contributed by atoms with E-state index >= 15 is 0 Å². The minimum absolute atomic E-state index is 0.0445. The number of fused-ring (bicyclic) bond motifs is 1. The number of aromatic nitrogens is 4. The van der Waals surface area contributed by atoms with Gasteiger partial charge < -0.3 is 23.9 Å². The van der Waals surface area contributed by atoms with Gasteiger partial charge in [-0.1, -0.05) is 53.0 Å². The van der Waals surface area contributed by atoms with E-state index in [9.17, 15) is 20.2 Å². The maximum absolute atomic E-state index is 12.2. The van der Waals surface area contributed by atoms with Crippen molar-refractivity contribution in [2.75, 3.05) is 20.3 Å². The highest BCUT2D eigenvalue weighted by molar-refractivity contribution is 7.98. The zero-order chi connectivity index (χ0) is 39.6. The van der Waals surface area contributed by atoms with Crippen molar-refractivity contribution in [1.29, 1.82) is 5.26 Å². The maximum atomic E-state index is 12.2. The monoisotopic (exact) mass is 750 g/mol. The van der Waals surface area contributed by atoms with Crippen LogP contribution in [0.4, 0.5) is 10.5 Å². The summed E-state index contributed by atoms with van der Waals surface area (Å²) < 4.78 is 21.2. The third-order valence-electron chi connectivity index (χ3n) is 7.37. The van der Waals surface area contributed by atoms with Crippen molar-refractivity contribution < 1.29 is 23.9 Å². The minimum Gasteiger partial charge on any atom is -0.494 e. The van der Waals surface area contributed by atoms with Crippen LogP contribution in [0.25, 0.3) is 16.9 Å². The van der Waals surface area contributed by atoms with E-state index < -0.39 is 17.1 Å². The number of imidazole rings is 1. The first-order valence-corrected chi connectivity index (χ1v) is 18.8. The fourth-order valence-electron chi connectivity index (χ4n) is 4.98. The number of ether oxygens (including phenoxy) is 3. The Hall–Kier alpha value is -4.94. The third-order valence-corrected chi connectivity index (χ3v) is 8.73. The van der Waals surface area contributed by atoms with Crippen LogP contribution in [-0.4, -0.2) is 65.7 Å². The zero-order valence-electron chi connectivity index (χ0n) is 32.6. The van der Waals surface area contributed by atoms with Crippen LogP contribution in [0.3, 0.4) is 0 Å². The summed E-state index contributed by atoms with van der Waals surface area (Å²) in [6.45, 7) is 20.1. The quantitative estimate of drug-likeness (QED) is 0.0499. The fourth-order valence-corrected chi connectivity index (χ4v) is 6.08. The minimum atomic E-state index is -0.808. The highest BCUT2D eigenvalue weighted by Crippen LogP contribution is 2.37. The van der Waals surface area contributed by atoms with Crippen molar-refractivity contribution in [1.82, 2.24) is 29.0 Å². The van der Waals surface area contributed by atoms with Crippen molar-refractivity contribution in [2.24, 2.45) is 0 Å². The number of non-ortho nitro benzene ring substituents is 1. The number of hydrogen-bond acceptors (Lipinski definition) is 12. The lowest BCUT2D eigenvalue weighted by Crippen LogP contribution is -2.35. The van der Waals surface area contributed by atoms with Crippen LogP contribution in [0.15, 0.2) is 55.1 Å². The van der Waals surface area contributed by atoms with Gasteiger partial charge in [0, 0.05) is 47.6 Å². The van der Waals surface area contributed by atoms with E-state index in [4.69, 9.17) is 24.2 Å². The number of nitrogens with one attached hydrogen (secondary N) is 1. The Morgan fingerprint density at radius 3 is 2.43 bits per heavy atom. The summed E-state index contributed by atoms with van der Waals surface area (Å²) in [4.78, 5) is 36.5. The number of amides is 1. The molecule has 0 radical (unpaired) electrons. The van der Waals surface area contributed by atoms with Crippen molar-refractivity contribution >= 4 is 29.4 Å². The lowest BCUT2D eigenvalue weighted by molar-refractivity contribution is -0.384. The molecule has 3 heterocycles. The van der Waals surface area contributed by atoms with Gasteiger partial charge in [-0.3, -0.25) is 15.1 Å². The highest BCUT2D eigenvalue weighted by atomic mass is 32.2. The molecular weight excluding hydrogens is 697 g/mol. The topological polar surface area (TPSA) is 170 Å². The summed E-state index contributed by atoms with van der Waals surface area (Å²) in [7, 11) is 1.61. The number of unbranched alkanes of at least 4 members (excludes halogenated alkanes) is 2. The average Bonchev–Trinajstić information content (AvgIpc) is 3.64. The summed E-state index contributed by atoms with van der Waals surface area (Å²) >= 11 is 1.80. The predicted molar refractivity (Wildman–Crippen MR) is 209 cm³/mol. The lowest BCUT2D eigenvalue weighted by Gasteiger charge is -2.32. The van der Waals surface area contributed by atoms with Gasteiger partial charge in [0.2, 0.25) is 5.65 Å². The fraction of sp³-hybridized carbons (Fsp3) is 0.500. The van der Waals surface area contributed by atoms with Crippen molar-refractivity contribution in [2.45, 2.75) is 105 Å². The van der Waals surface area contributed by atoms with E-state index in [1.165, 1.54) is 24.3 Å². The molecule has 3 aromatic heterocycles. The number of hydrogen-bond donors (Lipinski definition) is 1. The Kier molecular flexibility index (Phi) is 18.5. The first-order valence-electron chi connectivity index (χ1n) is 18.0. The number of pyridine rings is 1. The van der Waals surface area contributed by atoms with Crippen LogP contribution in [0.2, 0.25) is 0 Å². The van der Waals surface area contributed by atoms with E-state index in [0.29, 0.717) is 48.8 Å². The molecule has 14 nitrogen and oxygen atoms in total. The Balaban J connectivity index is 0.00000235. The molecule has 0 aliphatic rings. The Labute approximate surface area is 317 Å². The second-order valence-electron chi connectivity index (χ2n) is 12.2. The van der Waals surface area contributed by atoms with Crippen LogP contribution in [0.5, 0.6) is 17.4 Å². The molecule has 0 saturated carbocycles. The van der Waals surface area contributed by atoms with Crippen LogP contribution in [0, 0.1) is 21.4 Å². The van der Waals surface area contributed by atoms with Crippen molar-refractivity contribution in [3.63, 3.8) is 0 Å². The Morgan fingerprint density at radius 2 is 1.83 bits per heavy atom.